The van der Waals surface area contributed by atoms with E-state index in [9.17, 15) is 4.79 Å². The molecule has 1 aromatic heterocycles. The minimum atomic E-state index is -0.488. The first kappa shape index (κ1) is 11.0. The van der Waals surface area contributed by atoms with Crippen LogP contribution in [0.3, 0.4) is 0 Å². The van der Waals surface area contributed by atoms with Crippen molar-refractivity contribution in [3.05, 3.63) is 66.0 Å². The van der Waals surface area contributed by atoms with Crippen molar-refractivity contribution in [2.75, 3.05) is 0 Å². The molecule has 0 fully saturated rings. The van der Waals surface area contributed by atoms with Crippen LogP contribution in [0.4, 0.5) is 0 Å². The molecule has 4 heteroatoms. The first-order chi connectivity index (χ1) is 8.36. The Kier molecular flexibility index (Phi) is 3.60. The summed E-state index contributed by atoms with van der Waals surface area (Å²) in [5.41, 5.74) is 1.10. The van der Waals surface area contributed by atoms with Crippen LogP contribution < -0.4 is 0 Å². The van der Waals surface area contributed by atoms with Gasteiger partial charge >= 0.3 is 5.97 Å². The molecular formula is C13H10N2O2. The second kappa shape index (κ2) is 5.55. The summed E-state index contributed by atoms with van der Waals surface area (Å²) in [6, 6.07) is 14.1. The van der Waals surface area contributed by atoms with Crippen molar-refractivity contribution in [1.29, 1.82) is 0 Å². The SMILES string of the molecule is O=C(O/N=C\c1ccccn1)c1ccccc1. The number of nitrogens with zero attached hydrogens (tertiary/aromatic N) is 2. The lowest BCUT2D eigenvalue weighted by atomic mass is 10.2. The van der Waals surface area contributed by atoms with Gasteiger partial charge in [-0.3, -0.25) is 4.98 Å². The third-order valence-electron chi connectivity index (χ3n) is 2.02. The number of carbonyl (C=O) groups excluding carboxylic acids is 1. The van der Waals surface area contributed by atoms with Crippen molar-refractivity contribution in [1.82, 2.24) is 4.98 Å². The molecule has 0 saturated heterocycles. The molecule has 0 bridgehead atoms. The number of hydrogen-bond acceptors (Lipinski definition) is 4. The van der Waals surface area contributed by atoms with Gasteiger partial charge in [0.1, 0.15) is 0 Å². The standard InChI is InChI=1S/C13H10N2O2/c16-13(11-6-2-1-3-7-11)17-15-10-12-8-4-5-9-14-12/h1-10H/b15-10-. The maximum Gasteiger partial charge on any atom is 0.365 e. The Hall–Kier alpha value is -2.49. The van der Waals surface area contributed by atoms with Gasteiger partial charge < -0.3 is 4.84 Å². The molecule has 0 aliphatic rings. The van der Waals surface area contributed by atoms with Crippen molar-refractivity contribution in [2.24, 2.45) is 5.16 Å². The summed E-state index contributed by atoms with van der Waals surface area (Å²) < 4.78 is 0. The Balaban J connectivity index is 1.95. The molecule has 2 rings (SSSR count). The van der Waals surface area contributed by atoms with Gasteiger partial charge in [0.15, 0.2) is 0 Å². The van der Waals surface area contributed by atoms with Crippen molar-refractivity contribution in [3.8, 4) is 0 Å². The molecule has 17 heavy (non-hydrogen) atoms. The molecule has 0 amide bonds. The molecule has 1 heterocycles. The van der Waals surface area contributed by atoms with Crippen LogP contribution in [0.25, 0.3) is 0 Å². The fourth-order valence-corrected chi connectivity index (χ4v) is 1.21. The van der Waals surface area contributed by atoms with Crippen molar-refractivity contribution >= 4 is 12.2 Å². The summed E-state index contributed by atoms with van der Waals surface area (Å²) >= 11 is 0. The van der Waals surface area contributed by atoms with Crippen LogP contribution in [-0.4, -0.2) is 17.2 Å². The number of hydrogen-bond donors (Lipinski definition) is 0. The molecule has 0 radical (unpaired) electrons. The molecule has 2 aromatic rings. The van der Waals surface area contributed by atoms with E-state index in [-0.39, 0.29) is 0 Å². The van der Waals surface area contributed by atoms with Gasteiger partial charge in [-0.2, -0.15) is 0 Å². The van der Waals surface area contributed by atoms with E-state index in [1.807, 2.05) is 12.1 Å². The van der Waals surface area contributed by atoms with Crippen molar-refractivity contribution in [3.63, 3.8) is 0 Å². The van der Waals surface area contributed by atoms with Crippen LogP contribution in [0.15, 0.2) is 59.9 Å². The van der Waals surface area contributed by atoms with Gasteiger partial charge in [-0.15, -0.1) is 0 Å². The third-order valence-corrected chi connectivity index (χ3v) is 2.02. The van der Waals surface area contributed by atoms with Crippen LogP contribution in [0.2, 0.25) is 0 Å². The average Bonchev–Trinajstić information content (AvgIpc) is 2.41. The summed E-state index contributed by atoms with van der Waals surface area (Å²) in [4.78, 5) is 20.2. The molecule has 0 atom stereocenters. The number of oxime groups is 1. The van der Waals surface area contributed by atoms with E-state index in [0.717, 1.165) is 0 Å². The van der Waals surface area contributed by atoms with E-state index in [2.05, 4.69) is 10.1 Å². The minimum absolute atomic E-state index is 0.464. The first-order valence-corrected chi connectivity index (χ1v) is 5.07. The second-order valence-electron chi connectivity index (χ2n) is 3.23. The fraction of sp³-hybridized carbons (Fsp3) is 0. The average molecular weight is 226 g/mol. The second-order valence-corrected chi connectivity index (χ2v) is 3.23. The monoisotopic (exact) mass is 226 g/mol. The molecule has 0 unspecified atom stereocenters. The molecule has 0 aliphatic carbocycles. The molecular weight excluding hydrogens is 216 g/mol. The topological polar surface area (TPSA) is 51.5 Å². The predicted octanol–water partition coefficient (Wildman–Crippen LogP) is 2.27. The molecule has 0 saturated carbocycles. The molecule has 84 valence electrons. The fourth-order valence-electron chi connectivity index (χ4n) is 1.21. The van der Waals surface area contributed by atoms with Gasteiger partial charge in [-0.05, 0) is 24.3 Å². The largest absolute Gasteiger partial charge is 0.365 e. The highest BCUT2D eigenvalue weighted by Gasteiger charge is 2.04. The molecule has 1 aromatic carbocycles. The summed E-state index contributed by atoms with van der Waals surface area (Å²) in [5, 5.41) is 3.58. The highest BCUT2D eigenvalue weighted by Crippen LogP contribution is 2.01. The van der Waals surface area contributed by atoms with E-state index in [4.69, 9.17) is 4.84 Å². The first-order valence-electron chi connectivity index (χ1n) is 5.07. The van der Waals surface area contributed by atoms with Crippen molar-refractivity contribution < 1.29 is 9.63 Å². The predicted molar refractivity (Wildman–Crippen MR) is 63.7 cm³/mol. The highest BCUT2D eigenvalue weighted by atomic mass is 16.7. The zero-order valence-corrected chi connectivity index (χ0v) is 8.98. The number of benzene rings is 1. The Morgan fingerprint density at radius 2 is 1.88 bits per heavy atom. The zero-order chi connectivity index (χ0) is 11.9. The number of pyridine rings is 1. The van der Waals surface area contributed by atoms with Crippen LogP contribution in [0, 0.1) is 0 Å². The van der Waals surface area contributed by atoms with Crippen molar-refractivity contribution in [2.45, 2.75) is 0 Å². The molecule has 0 N–H and O–H groups in total. The molecule has 0 aliphatic heterocycles. The van der Waals surface area contributed by atoms with Gasteiger partial charge in [-0.1, -0.05) is 29.4 Å². The van der Waals surface area contributed by atoms with E-state index in [0.29, 0.717) is 11.3 Å². The van der Waals surface area contributed by atoms with Crippen LogP contribution in [-0.2, 0) is 4.84 Å². The van der Waals surface area contributed by atoms with Gasteiger partial charge in [0, 0.05) is 6.20 Å². The lowest BCUT2D eigenvalue weighted by Gasteiger charge is -1.96. The molecule has 0 spiro atoms. The summed E-state index contributed by atoms with van der Waals surface area (Å²) in [7, 11) is 0. The third kappa shape index (κ3) is 3.24. The smallest absolute Gasteiger partial charge is 0.313 e. The van der Waals surface area contributed by atoms with Gasteiger partial charge in [0.25, 0.3) is 0 Å². The van der Waals surface area contributed by atoms with E-state index < -0.39 is 5.97 Å². The van der Waals surface area contributed by atoms with E-state index >= 15 is 0 Å². The Bertz CT molecular complexity index is 509. The maximum atomic E-state index is 11.5. The lowest BCUT2D eigenvalue weighted by molar-refractivity contribution is 0.0519. The number of carbonyl (C=O) groups is 1. The normalized spacial score (nSPS) is 10.4. The summed E-state index contributed by atoms with van der Waals surface area (Å²) in [5.74, 6) is -0.488. The summed E-state index contributed by atoms with van der Waals surface area (Å²) in [6.07, 6.45) is 3.03. The van der Waals surface area contributed by atoms with Gasteiger partial charge in [0.2, 0.25) is 0 Å². The maximum absolute atomic E-state index is 11.5. The zero-order valence-electron chi connectivity index (χ0n) is 8.98. The van der Waals surface area contributed by atoms with Crippen LogP contribution in [0.1, 0.15) is 16.1 Å². The van der Waals surface area contributed by atoms with Gasteiger partial charge in [-0.25, -0.2) is 4.79 Å². The highest BCUT2D eigenvalue weighted by molar-refractivity contribution is 5.89. The van der Waals surface area contributed by atoms with E-state index in [1.54, 1.807) is 42.6 Å². The minimum Gasteiger partial charge on any atom is -0.313 e. The Morgan fingerprint density at radius 3 is 2.59 bits per heavy atom. The number of rotatable bonds is 3. The van der Waals surface area contributed by atoms with Crippen LogP contribution in [0.5, 0.6) is 0 Å². The Labute approximate surface area is 98.6 Å². The summed E-state index contributed by atoms with van der Waals surface area (Å²) in [6.45, 7) is 0. The quantitative estimate of drug-likeness (QED) is 0.458. The van der Waals surface area contributed by atoms with Gasteiger partial charge in [0.05, 0.1) is 17.5 Å². The lowest BCUT2D eigenvalue weighted by Crippen LogP contribution is -2.00. The number of aromatic nitrogens is 1. The van der Waals surface area contributed by atoms with Crippen LogP contribution >= 0.6 is 0 Å². The Morgan fingerprint density at radius 1 is 1.12 bits per heavy atom. The molecule has 4 nitrogen and oxygen atoms in total. The van der Waals surface area contributed by atoms with E-state index in [1.165, 1.54) is 6.21 Å².